The predicted molar refractivity (Wildman–Crippen MR) is 102 cm³/mol. The maximum Gasteiger partial charge on any atom is 0.225 e. The number of anilines is 1. The standard InChI is InChI=1S/C19H26N4OS/c1-2-15-12-16-17(20-13-21-18(16)25-15)22-8-10-23(11-9-22)19(24)14-6-4-3-5-7-14/h12-14H,2-11H2,1H3. The van der Waals surface area contributed by atoms with E-state index in [2.05, 4.69) is 32.8 Å². The van der Waals surface area contributed by atoms with E-state index in [1.165, 1.54) is 24.1 Å². The van der Waals surface area contributed by atoms with Crippen molar-refractivity contribution in [1.82, 2.24) is 14.9 Å². The second-order valence-corrected chi connectivity index (χ2v) is 8.24. The van der Waals surface area contributed by atoms with Crippen LogP contribution in [-0.2, 0) is 11.2 Å². The summed E-state index contributed by atoms with van der Waals surface area (Å²) in [7, 11) is 0. The molecule has 0 bridgehead atoms. The zero-order chi connectivity index (χ0) is 17.2. The number of fused-ring (bicyclic) bond motifs is 1. The number of aryl methyl sites for hydroxylation is 1. The molecule has 0 aromatic carbocycles. The Morgan fingerprint density at radius 3 is 2.64 bits per heavy atom. The molecule has 6 heteroatoms. The molecule has 1 saturated carbocycles. The first-order valence-corrected chi connectivity index (χ1v) is 10.3. The van der Waals surface area contributed by atoms with E-state index >= 15 is 0 Å². The maximum absolute atomic E-state index is 12.7. The summed E-state index contributed by atoms with van der Waals surface area (Å²) in [6.45, 7) is 5.52. The molecule has 1 aliphatic heterocycles. The van der Waals surface area contributed by atoms with Crippen LogP contribution in [0, 0.1) is 5.92 Å². The summed E-state index contributed by atoms with van der Waals surface area (Å²) in [5, 5.41) is 1.16. The first kappa shape index (κ1) is 16.8. The minimum atomic E-state index is 0.273. The second-order valence-electron chi connectivity index (χ2n) is 7.13. The summed E-state index contributed by atoms with van der Waals surface area (Å²) >= 11 is 1.76. The lowest BCUT2D eigenvalue weighted by Crippen LogP contribution is -2.50. The molecule has 2 fully saturated rings. The number of hydrogen-bond acceptors (Lipinski definition) is 5. The first-order chi connectivity index (χ1) is 12.3. The highest BCUT2D eigenvalue weighted by Crippen LogP contribution is 2.31. The predicted octanol–water partition coefficient (Wildman–Crippen LogP) is 3.48. The van der Waals surface area contributed by atoms with Crippen LogP contribution in [0.25, 0.3) is 10.2 Å². The van der Waals surface area contributed by atoms with Gasteiger partial charge in [0.15, 0.2) is 0 Å². The molecule has 0 unspecified atom stereocenters. The minimum absolute atomic E-state index is 0.273. The molecular weight excluding hydrogens is 332 g/mol. The maximum atomic E-state index is 12.7. The van der Waals surface area contributed by atoms with Crippen molar-refractivity contribution in [2.24, 2.45) is 5.92 Å². The molecule has 1 aliphatic carbocycles. The van der Waals surface area contributed by atoms with Crippen LogP contribution in [0.4, 0.5) is 5.82 Å². The SMILES string of the molecule is CCc1cc2c(N3CCN(C(=O)C4CCCCC4)CC3)ncnc2s1. The largest absolute Gasteiger partial charge is 0.352 e. The zero-order valence-corrected chi connectivity index (χ0v) is 15.7. The Balaban J connectivity index is 1.45. The lowest BCUT2D eigenvalue weighted by Gasteiger charge is -2.37. The Bertz CT molecular complexity index is 745. The van der Waals surface area contributed by atoms with E-state index in [1.54, 1.807) is 17.7 Å². The summed E-state index contributed by atoms with van der Waals surface area (Å²) in [5.41, 5.74) is 0. The molecule has 134 valence electrons. The number of carbonyl (C=O) groups is 1. The number of rotatable bonds is 3. The number of hydrogen-bond donors (Lipinski definition) is 0. The van der Waals surface area contributed by atoms with E-state index in [0.717, 1.165) is 61.5 Å². The lowest BCUT2D eigenvalue weighted by molar-refractivity contribution is -0.136. The van der Waals surface area contributed by atoms with Crippen LogP contribution < -0.4 is 4.90 Å². The van der Waals surface area contributed by atoms with Crippen molar-refractivity contribution < 1.29 is 4.79 Å². The van der Waals surface area contributed by atoms with Gasteiger partial charge in [0.1, 0.15) is 17.0 Å². The fraction of sp³-hybridized carbons (Fsp3) is 0.632. The molecule has 1 amide bonds. The van der Waals surface area contributed by atoms with Gasteiger partial charge in [-0.15, -0.1) is 11.3 Å². The van der Waals surface area contributed by atoms with Gasteiger partial charge in [0.25, 0.3) is 0 Å². The fourth-order valence-electron chi connectivity index (χ4n) is 4.07. The van der Waals surface area contributed by atoms with Crippen LogP contribution in [-0.4, -0.2) is 47.0 Å². The summed E-state index contributed by atoms with van der Waals surface area (Å²) in [6.07, 6.45) is 8.60. The average molecular weight is 359 g/mol. The van der Waals surface area contributed by atoms with Crippen molar-refractivity contribution in [2.75, 3.05) is 31.1 Å². The van der Waals surface area contributed by atoms with Gasteiger partial charge < -0.3 is 9.80 Å². The van der Waals surface area contributed by atoms with E-state index in [1.807, 2.05) is 0 Å². The summed E-state index contributed by atoms with van der Waals surface area (Å²) in [6, 6.07) is 2.23. The molecule has 3 heterocycles. The number of nitrogens with zero attached hydrogens (tertiary/aromatic N) is 4. The molecule has 0 N–H and O–H groups in total. The van der Waals surface area contributed by atoms with Gasteiger partial charge in [-0.05, 0) is 25.3 Å². The van der Waals surface area contributed by atoms with E-state index < -0.39 is 0 Å². The third-order valence-electron chi connectivity index (χ3n) is 5.55. The lowest BCUT2D eigenvalue weighted by atomic mass is 9.88. The van der Waals surface area contributed by atoms with E-state index in [-0.39, 0.29) is 5.92 Å². The Labute approximate surface area is 153 Å². The van der Waals surface area contributed by atoms with E-state index in [0.29, 0.717) is 5.91 Å². The van der Waals surface area contributed by atoms with E-state index in [4.69, 9.17) is 0 Å². The fourth-order valence-corrected chi connectivity index (χ4v) is 5.00. The van der Waals surface area contributed by atoms with Crippen LogP contribution in [0.5, 0.6) is 0 Å². The molecule has 2 aromatic heterocycles. The Kier molecular flexibility index (Phi) is 4.88. The Morgan fingerprint density at radius 1 is 1.16 bits per heavy atom. The van der Waals surface area contributed by atoms with Crippen LogP contribution in [0.3, 0.4) is 0 Å². The summed E-state index contributed by atoms with van der Waals surface area (Å²) < 4.78 is 0. The van der Waals surface area contributed by atoms with Gasteiger partial charge in [0.05, 0.1) is 5.39 Å². The van der Waals surface area contributed by atoms with Crippen molar-refractivity contribution in [3.8, 4) is 0 Å². The Morgan fingerprint density at radius 2 is 1.92 bits per heavy atom. The average Bonchev–Trinajstić information content (AvgIpc) is 3.12. The van der Waals surface area contributed by atoms with Gasteiger partial charge in [-0.25, -0.2) is 9.97 Å². The topological polar surface area (TPSA) is 49.3 Å². The minimum Gasteiger partial charge on any atom is -0.352 e. The second kappa shape index (κ2) is 7.28. The molecule has 1 saturated heterocycles. The van der Waals surface area contributed by atoms with Crippen molar-refractivity contribution in [1.29, 1.82) is 0 Å². The molecule has 2 aliphatic rings. The third-order valence-corrected chi connectivity index (χ3v) is 6.74. The third kappa shape index (κ3) is 3.36. The molecule has 0 atom stereocenters. The molecule has 5 nitrogen and oxygen atoms in total. The highest BCUT2D eigenvalue weighted by atomic mass is 32.1. The molecule has 4 rings (SSSR count). The van der Waals surface area contributed by atoms with Crippen LogP contribution in [0.2, 0.25) is 0 Å². The van der Waals surface area contributed by atoms with Crippen LogP contribution in [0.1, 0.15) is 43.9 Å². The first-order valence-electron chi connectivity index (χ1n) is 9.53. The van der Waals surface area contributed by atoms with Gasteiger partial charge in [0.2, 0.25) is 5.91 Å². The van der Waals surface area contributed by atoms with Gasteiger partial charge in [0, 0.05) is 37.0 Å². The normalized spacial score (nSPS) is 19.6. The van der Waals surface area contributed by atoms with E-state index in [9.17, 15) is 4.79 Å². The smallest absolute Gasteiger partial charge is 0.225 e. The number of amides is 1. The van der Waals surface area contributed by atoms with Crippen LogP contribution >= 0.6 is 11.3 Å². The van der Waals surface area contributed by atoms with Gasteiger partial charge >= 0.3 is 0 Å². The molecule has 0 spiro atoms. The highest BCUT2D eigenvalue weighted by Gasteiger charge is 2.29. The number of aromatic nitrogens is 2. The van der Waals surface area contributed by atoms with Gasteiger partial charge in [-0.1, -0.05) is 26.2 Å². The summed E-state index contributed by atoms with van der Waals surface area (Å²) in [5.74, 6) is 1.69. The number of carbonyl (C=O) groups excluding carboxylic acids is 1. The zero-order valence-electron chi connectivity index (χ0n) is 14.9. The Hall–Kier alpha value is -1.69. The van der Waals surface area contributed by atoms with Crippen molar-refractivity contribution >= 4 is 33.3 Å². The number of piperazine rings is 1. The highest BCUT2D eigenvalue weighted by molar-refractivity contribution is 7.18. The van der Waals surface area contributed by atoms with Crippen molar-refractivity contribution in [2.45, 2.75) is 45.4 Å². The molecule has 25 heavy (non-hydrogen) atoms. The van der Waals surface area contributed by atoms with Crippen molar-refractivity contribution in [3.05, 3.63) is 17.3 Å². The summed E-state index contributed by atoms with van der Waals surface area (Å²) in [4.78, 5) is 28.5. The number of thiophene rings is 1. The van der Waals surface area contributed by atoms with Crippen molar-refractivity contribution in [3.63, 3.8) is 0 Å². The quantitative estimate of drug-likeness (QED) is 0.843. The van der Waals surface area contributed by atoms with Crippen LogP contribution in [0.15, 0.2) is 12.4 Å². The van der Waals surface area contributed by atoms with Gasteiger partial charge in [-0.3, -0.25) is 4.79 Å². The molecule has 0 radical (unpaired) electrons. The molecule has 2 aromatic rings. The molecular formula is C19H26N4OS. The van der Waals surface area contributed by atoms with Gasteiger partial charge in [-0.2, -0.15) is 0 Å². The monoisotopic (exact) mass is 358 g/mol.